The molecule has 244 valence electrons. The van der Waals surface area contributed by atoms with Gasteiger partial charge in [-0.1, -0.05) is 97.1 Å². The minimum atomic E-state index is -4.49. The van der Waals surface area contributed by atoms with Gasteiger partial charge >= 0.3 is 12.1 Å². The number of esters is 1. The average Bonchev–Trinajstić information content (AvgIpc) is 3.09. The number of nitrogens with one attached hydrogen (secondary N) is 1. The summed E-state index contributed by atoms with van der Waals surface area (Å²) >= 11 is 0. The van der Waals surface area contributed by atoms with Crippen LogP contribution < -0.4 is 5.32 Å². The molecular weight excluding hydrogens is 617 g/mol. The Bertz CT molecular complexity index is 1850. The van der Waals surface area contributed by atoms with Crippen LogP contribution in [0.1, 0.15) is 48.9 Å². The van der Waals surface area contributed by atoms with Gasteiger partial charge in [-0.3, -0.25) is 14.4 Å². The number of hydrogen-bond donors (Lipinski definition) is 1. The molecule has 0 unspecified atom stereocenters. The Kier molecular flexibility index (Phi) is 10.4. The fourth-order valence-electron chi connectivity index (χ4n) is 5.34. The van der Waals surface area contributed by atoms with Crippen LogP contribution in [0, 0.1) is 0 Å². The first kappa shape index (κ1) is 33.7. The summed E-state index contributed by atoms with van der Waals surface area (Å²) in [5, 5.41) is 2.78. The molecule has 0 spiro atoms. The largest absolute Gasteiger partial charge is 0.464 e. The third kappa shape index (κ3) is 8.17. The van der Waals surface area contributed by atoms with Gasteiger partial charge in [-0.25, -0.2) is 0 Å². The summed E-state index contributed by atoms with van der Waals surface area (Å²) in [6, 6.07) is 35.3. The molecule has 5 aromatic rings. The molecule has 0 aliphatic carbocycles. The first-order valence-corrected chi connectivity index (χ1v) is 15.2. The molecule has 0 saturated heterocycles. The van der Waals surface area contributed by atoms with Gasteiger partial charge in [-0.2, -0.15) is 13.2 Å². The van der Waals surface area contributed by atoms with Crippen molar-refractivity contribution in [2.24, 2.45) is 0 Å². The highest BCUT2D eigenvalue weighted by atomic mass is 19.4. The summed E-state index contributed by atoms with van der Waals surface area (Å²) in [5.41, 5.74) is 3.18. The SMILES string of the molecule is CN(C)C(=O)c1cc(CC(=O)OCC(c2ccccc2)c2ccccc2)ccc1NC(=O)c1ccccc1-c1ccc(C(F)(F)F)cc1. The first-order valence-electron chi connectivity index (χ1n) is 15.2. The van der Waals surface area contributed by atoms with Gasteiger partial charge in [0.15, 0.2) is 0 Å². The van der Waals surface area contributed by atoms with Gasteiger partial charge in [0.2, 0.25) is 0 Å². The van der Waals surface area contributed by atoms with Crippen molar-refractivity contribution in [2.75, 3.05) is 26.0 Å². The molecule has 6 nitrogen and oxygen atoms in total. The summed E-state index contributed by atoms with van der Waals surface area (Å²) in [4.78, 5) is 41.1. The van der Waals surface area contributed by atoms with Crippen LogP contribution in [0.5, 0.6) is 0 Å². The maximum Gasteiger partial charge on any atom is 0.416 e. The van der Waals surface area contributed by atoms with Crippen molar-refractivity contribution in [3.05, 3.63) is 161 Å². The van der Waals surface area contributed by atoms with Gasteiger partial charge in [0, 0.05) is 25.6 Å². The smallest absolute Gasteiger partial charge is 0.416 e. The lowest BCUT2D eigenvalue weighted by Crippen LogP contribution is -2.24. The van der Waals surface area contributed by atoms with Gasteiger partial charge < -0.3 is 15.0 Å². The fraction of sp³-hybridized carbons (Fsp3) is 0.154. The van der Waals surface area contributed by atoms with Gasteiger partial charge in [-0.15, -0.1) is 0 Å². The van der Waals surface area contributed by atoms with Crippen molar-refractivity contribution >= 4 is 23.5 Å². The van der Waals surface area contributed by atoms with E-state index in [1.165, 1.54) is 17.0 Å². The van der Waals surface area contributed by atoms with Crippen molar-refractivity contribution in [2.45, 2.75) is 18.5 Å². The second-order valence-electron chi connectivity index (χ2n) is 11.4. The molecule has 0 bridgehead atoms. The molecule has 5 rings (SSSR count). The molecule has 9 heteroatoms. The van der Waals surface area contributed by atoms with E-state index in [1.54, 1.807) is 56.6 Å². The summed E-state index contributed by atoms with van der Waals surface area (Å²) in [5.74, 6) is -1.59. The van der Waals surface area contributed by atoms with E-state index in [-0.39, 0.29) is 35.8 Å². The van der Waals surface area contributed by atoms with Crippen LogP contribution >= 0.6 is 0 Å². The average molecular weight is 651 g/mol. The molecule has 0 atom stereocenters. The second kappa shape index (κ2) is 14.8. The van der Waals surface area contributed by atoms with E-state index in [9.17, 15) is 27.6 Å². The summed E-state index contributed by atoms with van der Waals surface area (Å²) in [6.45, 7) is 0.128. The number of alkyl halides is 3. The zero-order chi connectivity index (χ0) is 34.3. The Morgan fingerprint density at radius 1 is 0.729 bits per heavy atom. The number of hydrogen-bond acceptors (Lipinski definition) is 4. The molecular formula is C39H33F3N2O4. The number of halogens is 3. The van der Waals surface area contributed by atoms with E-state index in [2.05, 4.69) is 5.32 Å². The number of amides is 2. The maximum absolute atomic E-state index is 13.5. The Labute approximate surface area is 276 Å². The summed E-state index contributed by atoms with van der Waals surface area (Å²) in [6.07, 6.45) is -4.59. The lowest BCUT2D eigenvalue weighted by atomic mass is 9.92. The van der Waals surface area contributed by atoms with Gasteiger partial charge in [0.05, 0.1) is 23.2 Å². The zero-order valence-corrected chi connectivity index (χ0v) is 26.3. The van der Waals surface area contributed by atoms with E-state index in [1.807, 2.05) is 60.7 Å². The highest BCUT2D eigenvalue weighted by molar-refractivity contribution is 6.11. The van der Waals surface area contributed by atoms with Gasteiger partial charge in [0.1, 0.15) is 6.61 Å². The molecule has 0 saturated carbocycles. The van der Waals surface area contributed by atoms with E-state index in [0.29, 0.717) is 16.7 Å². The van der Waals surface area contributed by atoms with Crippen LogP contribution in [0.2, 0.25) is 0 Å². The number of nitrogens with zero attached hydrogens (tertiary/aromatic N) is 1. The fourth-order valence-corrected chi connectivity index (χ4v) is 5.34. The van der Waals surface area contributed by atoms with Crippen LogP contribution in [-0.4, -0.2) is 43.4 Å². The lowest BCUT2D eigenvalue weighted by molar-refractivity contribution is -0.143. The minimum absolute atomic E-state index is 0.102. The zero-order valence-electron chi connectivity index (χ0n) is 26.3. The summed E-state index contributed by atoms with van der Waals surface area (Å²) in [7, 11) is 3.14. The van der Waals surface area contributed by atoms with E-state index >= 15 is 0 Å². The van der Waals surface area contributed by atoms with Crippen LogP contribution in [0.3, 0.4) is 0 Å². The van der Waals surface area contributed by atoms with Crippen LogP contribution in [0.4, 0.5) is 18.9 Å². The standard InChI is InChI=1S/C39H33F3N2O4/c1-44(2)38(47)33-23-26(24-36(45)48-25-34(27-11-5-3-6-12-27)28-13-7-4-8-14-28)17-22-35(33)43-37(46)32-16-10-9-15-31(32)29-18-20-30(21-19-29)39(40,41)42/h3-23,34H,24-25H2,1-2H3,(H,43,46). The number of rotatable bonds is 10. The minimum Gasteiger partial charge on any atom is -0.464 e. The Morgan fingerprint density at radius 2 is 1.31 bits per heavy atom. The van der Waals surface area contributed by atoms with Crippen molar-refractivity contribution in [3.63, 3.8) is 0 Å². The highest BCUT2D eigenvalue weighted by Crippen LogP contribution is 2.32. The number of carbonyl (C=O) groups excluding carboxylic acids is 3. The molecule has 48 heavy (non-hydrogen) atoms. The normalized spacial score (nSPS) is 11.2. The van der Waals surface area contributed by atoms with Crippen molar-refractivity contribution < 1.29 is 32.3 Å². The molecule has 0 fully saturated rings. The van der Waals surface area contributed by atoms with Gasteiger partial charge in [0.25, 0.3) is 11.8 Å². The second-order valence-corrected chi connectivity index (χ2v) is 11.4. The topological polar surface area (TPSA) is 75.7 Å². The van der Waals surface area contributed by atoms with Crippen LogP contribution in [0.25, 0.3) is 11.1 Å². The summed E-state index contributed by atoms with van der Waals surface area (Å²) < 4.78 is 45.1. The van der Waals surface area contributed by atoms with Crippen LogP contribution in [0.15, 0.2) is 127 Å². The molecule has 0 aliphatic rings. The van der Waals surface area contributed by atoms with E-state index < -0.39 is 29.5 Å². The van der Waals surface area contributed by atoms with Crippen molar-refractivity contribution in [3.8, 4) is 11.1 Å². The number of anilines is 1. The number of ether oxygens (including phenoxy) is 1. The Balaban J connectivity index is 1.34. The number of carbonyl (C=O) groups is 3. The van der Waals surface area contributed by atoms with Crippen LogP contribution in [-0.2, 0) is 22.1 Å². The van der Waals surface area contributed by atoms with Gasteiger partial charge in [-0.05, 0) is 58.1 Å². The monoisotopic (exact) mass is 650 g/mol. The molecule has 0 aliphatic heterocycles. The molecule has 0 radical (unpaired) electrons. The highest BCUT2D eigenvalue weighted by Gasteiger charge is 2.30. The third-order valence-corrected chi connectivity index (χ3v) is 7.83. The molecule has 1 N–H and O–H groups in total. The Hall–Kier alpha value is -5.70. The predicted molar refractivity (Wildman–Crippen MR) is 179 cm³/mol. The van der Waals surface area contributed by atoms with Crippen molar-refractivity contribution in [1.82, 2.24) is 4.90 Å². The van der Waals surface area contributed by atoms with Crippen molar-refractivity contribution in [1.29, 1.82) is 0 Å². The lowest BCUT2D eigenvalue weighted by Gasteiger charge is -2.19. The van der Waals surface area contributed by atoms with E-state index in [4.69, 9.17) is 4.74 Å². The predicted octanol–water partition coefficient (Wildman–Crippen LogP) is 8.24. The molecule has 0 aromatic heterocycles. The van der Waals surface area contributed by atoms with E-state index in [0.717, 1.165) is 23.3 Å². The first-order chi connectivity index (χ1) is 23.0. The molecule has 2 amide bonds. The Morgan fingerprint density at radius 3 is 1.90 bits per heavy atom. The third-order valence-electron chi connectivity index (χ3n) is 7.83. The quantitative estimate of drug-likeness (QED) is 0.155. The number of benzene rings is 5. The molecule has 0 heterocycles. The maximum atomic E-state index is 13.5. The molecule has 5 aromatic carbocycles.